The molecule has 166 valence electrons. The molecule has 4 aromatic rings. The predicted molar refractivity (Wildman–Crippen MR) is 116 cm³/mol. The molecule has 0 amide bonds. The number of rotatable bonds is 5. The first-order valence-corrected chi connectivity index (χ1v) is 10.7. The van der Waals surface area contributed by atoms with E-state index in [0.717, 1.165) is 27.7 Å². The zero-order valence-corrected chi connectivity index (χ0v) is 17.7. The number of pyridine rings is 1. The molecule has 1 aliphatic heterocycles. The molecule has 1 aliphatic carbocycles. The van der Waals surface area contributed by atoms with Gasteiger partial charge in [0.05, 0.1) is 22.8 Å². The van der Waals surface area contributed by atoms with Gasteiger partial charge in [-0.15, -0.1) is 8.78 Å². The largest absolute Gasteiger partial charge is 0.586 e. The Bertz CT molecular complexity index is 1430. The van der Waals surface area contributed by atoms with Gasteiger partial charge < -0.3 is 9.47 Å². The van der Waals surface area contributed by atoms with Gasteiger partial charge in [0, 0.05) is 23.1 Å². The van der Waals surface area contributed by atoms with Crippen LogP contribution < -0.4 is 9.47 Å². The molecule has 0 bridgehead atoms. The number of nitrogens with zero attached hydrogens (tertiary/aromatic N) is 2. The predicted octanol–water partition coefficient (Wildman–Crippen LogP) is 5.10. The first-order chi connectivity index (χ1) is 15.8. The summed E-state index contributed by atoms with van der Waals surface area (Å²) in [4.78, 5) is 18.1. The highest BCUT2D eigenvalue weighted by Gasteiger charge is 2.52. The highest BCUT2D eigenvalue weighted by molar-refractivity contribution is 5.94. The van der Waals surface area contributed by atoms with Crippen LogP contribution in [0, 0.1) is 6.92 Å². The summed E-state index contributed by atoms with van der Waals surface area (Å²) >= 11 is 0. The van der Waals surface area contributed by atoms with Crippen LogP contribution in [0.3, 0.4) is 0 Å². The Balaban J connectivity index is 1.28. The number of H-pyrrole nitrogens is 1. The molecule has 3 heterocycles. The molecule has 1 fully saturated rings. The van der Waals surface area contributed by atoms with Crippen LogP contribution in [0.1, 0.15) is 29.7 Å². The fourth-order valence-corrected chi connectivity index (χ4v) is 4.48. The summed E-state index contributed by atoms with van der Waals surface area (Å²) in [6.07, 6.45) is -0.426. The summed E-state index contributed by atoms with van der Waals surface area (Å²) in [5, 5.41) is 7.98. The number of hydrogen-bond acceptors (Lipinski definition) is 5. The highest BCUT2D eigenvalue weighted by Crippen LogP contribution is 2.52. The molecule has 1 saturated carbocycles. The summed E-state index contributed by atoms with van der Waals surface area (Å²) < 4.78 is 35.8. The molecule has 0 radical (unpaired) electrons. The zero-order valence-electron chi connectivity index (χ0n) is 17.7. The molecule has 1 N–H and O–H groups in total. The van der Waals surface area contributed by atoms with Crippen LogP contribution in [0.2, 0.25) is 0 Å². The maximum absolute atomic E-state index is 13.4. The van der Waals surface area contributed by atoms with E-state index in [9.17, 15) is 13.6 Å². The van der Waals surface area contributed by atoms with Gasteiger partial charge in [-0.2, -0.15) is 5.10 Å². The number of hydrogen-bond donors (Lipinski definition) is 1. The van der Waals surface area contributed by atoms with Crippen LogP contribution in [-0.4, -0.2) is 27.3 Å². The van der Waals surface area contributed by atoms with E-state index in [-0.39, 0.29) is 23.7 Å². The van der Waals surface area contributed by atoms with Crippen LogP contribution in [-0.2, 0) is 16.6 Å². The van der Waals surface area contributed by atoms with Gasteiger partial charge >= 0.3 is 6.29 Å². The summed E-state index contributed by atoms with van der Waals surface area (Å²) in [6, 6.07) is 14.4. The molecule has 0 unspecified atom stereocenters. The average Bonchev–Trinajstić information content (AvgIpc) is 3.35. The number of halogens is 2. The van der Waals surface area contributed by atoms with Crippen LogP contribution in [0.4, 0.5) is 8.78 Å². The van der Waals surface area contributed by atoms with Crippen molar-refractivity contribution >= 4 is 16.7 Å². The molecule has 2 aromatic carbocycles. The fourth-order valence-electron chi connectivity index (χ4n) is 4.48. The summed E-state index contributed by atoms with van der Waals surface area (Å²) in [6.45, 7) is 1.98. The van der Waals surface area contributed by atoms with Gasteiger partial charge in [-0.1, -0.05) is 18.2 Å². The van der Waals surface area contributed by atoms with Crippen LogP contribution in [0.25, 0.3) is 22.2 Å². The Morgan fingerprint density at radius 3 is 2.70 bits per heavy atom. The lowest BCUT2D eigenvalue weighted by atomic mass is 9.88. The summed E-state index contributed by atoms with van der Waals surface area (Å²) in [5.74, 6) is -0.0471. The number of alkyl halides is 2. The van der Waals surface area contributed by atoms with E-state index in [2.05, 4.69) is 19.7 Å². The van der Waals surface area contributed by atoms with Crippen molar-refractivity contribution in [3.8, 4) is 22.8 Å². The lowest BCUT2D eigenvalue weighted by Crippen LogP contribution is -2.26. The van der Waals surface area contributed by atoms with Gasteiger partial charge in [0.2, 0.25) is 0 Å². The summed E-state index contributed by atoms with van der Waals surface area (Å²) in [5.41, 5.74) is 4.37. The average molecular weight is 447 g/mol. The summed E-state index contributed by atoms with van der Waals surface area (Å²) in [7, 11) is 0. The van der Waals surface area contributed by atoms with Gasteiger partial charge in [-0.3, -0.25) is 14.9 Å². The van der Waals surface area contributed by atoms with E-state index in [1.165, 1.54) is 12.1 Å². The number of ketones is 1. The molecule has 8 heteroatoms. The second-order valence-electron chi connectivity index (χ2n) is 8.65. The van der Waals surface area contributed by atoms with Crippen LogP contribution >= 0.6 is 0 Å². The monoisotopic (exact) mass is 447 g/mol. The van der Waals surface area contributed by atoms with Crippen molar-refractivity contribution in [2.24, 2.45) is 0 Å². The van der Waals surface area contributed by atoms with Crippen molar-refractivity contribution in [3.63, 3.8) is 0 Å². The standard InChI is InChI=1S/C25H19F2N3O3/c1-14-2-5-18(29-23(14)15-3-6-19-16(10-15)13-28-30-19)12-22(31)24(8-9-24)17-4-7-20-21(11-17)33-25(26,27)32-20/h2-7,10-11,13H,8-9,12H2,1H3,(H,28,30). The number of Topliss-reactive ketones (excluding diaryl/α,β-unsaturated/α-hetero) is 1. The Morgan fingerprint density at radius 1 is 1.06 bits per heavy atom. The third kappa shape index (κ3) is 3.33. The van der Waals surface area contributed by atoms with Gasteiger partial charge in [0.1, 0.15) is 5.78 Å². The van der Waals surface area contributed by atoms with Crippen LogP contribution in [0.5, 0.6) is 11.5 Å². The lowest BCUT2D eigenvalue weighted by molar-refractivity contribution is -0.286. The Kier molecular flexibility index (Phi) is 4.11. The van der Waals surface area contributed by atoms with Crippen molar-refractivity contribution in [2.75, 3.05) is 0 Å². The maximum Gasteiger partial charge on any atom is 0.586 e. The second kappa shape index (κ2) is 6.84. The molecular weight excluding hydrogens is 428 g/mol. The van der Waals surface area contributed by atoms with Crippen LogP contribution in [0.15, 0.2) is 54.7 Å². The molecule has 33 heavy (non-hydrogen) atoms. The molecule has 0 saturated heterocycles. The zero-order chi connectivity index (χ0) is 22.8. The minimum absolute atomic E-state index is 0.0146. The van der Waals surface area contributed by atoms with E-state index in [4.69, 9.17) is 4.98 Å². The number of nitrogens with one attached hydrogen (secondary N) is 1. The quantitative estimate of drug-likeness (QED) is 0.461. The minimum Gasteiger partial charge on any atom is -0.395 e. The topological polar surface area (TPSA) is 77.1 Å². The highest BCUT2D eigenvalue weighted by atomic mass is 19.3. The maximum atomic E-state index is 13.4. The molecule has 6 nitrogen and oxygen atoms in total. The van der Waals surface area contributed by atoms with Crippen molar-refractivity contribution in [2.45, 2.75) is 37.9 Å². The molecule has 0 spiro atoms. The van der Waals surface area contributed by atoms with Gasteiger partial charge in [0.25, 0.3) is 0 Å². The number of aromatic amines is 1. The minimum atomic E-state index is -3.68. The van der Waals surface area contributed by atoms with E-state index >= 15 is 0 Å². The van der Waals surface area contributed by atoms with E-state index in [1.807, 2.05) is 37.3 Å². The number of benzene rings is 2. The van der Waals surface area contributed by atoms with Gasteiger partial charge in [0.15, 0.2) is 11.5 Å². The first-order valence-electron chi connectivity index (χ1n) is 10.7. The number of carbonyl (C=O) groups is 1. The normalized spacial score (nSPS) is 17.3. The number of ether oxygens (including phenoxy) is 2. The third-order valence-corrected chi connectivity index (χ3v) is 6.45. The van der Waals surface area contributed by atoms with Gasteiger partial charge in [-0.05, 0) is 61.2 Å². The molecule has 0 atom stereocenters. The molecule has 2 aliphatic rings. The Hall–Kier alpha value is -3.81. The lowest BCUT2D eigenvalue weighted by Gasteiger charge is -2.15. The second-order valence-corrected chi connectivity index (χ2v) is 8.65. The smallest absolute Gasteiger partial charge is 0.395 e. The Morgan fingerprint density at radius 2 is 1.88 bits per heavy atom. The van der Waals surface area contributed by atoms with E-state index in [0.29, 0.717) is 24.1 Å². The SMILES string of the molecule is Cc1ccc(CC(=O)C2(c3ccc4c(c3)OC(F)(F)O4)CC2)nc1-c1ccc2[nH]ncc2c1. The number of aromatic nitrogens is 3. The van der Waals surface area contributed by atoms with Crippen molar-refractivity contribution in [1.29, 1.82) is 0 Å². The number of aryl methyl sites for hydroxylation is 1. The number of fused-ring (bicyclic) bond motifs is 2. The van der Waals surface area contributed by atoms with Crippen molar-refractivity contribution < 1.29 is 23.0 Å². The molecular formula is C25H19F2N3O3. The van der Waals surface area contributed by atoms with Crippen molar-refractivity contribution in [1.82, 2.24) is 15.2 Å². The number of carbonyl (C=O) groups excluding carboxylic acids is 1. The van der Waals surface area contributed by atoms with Gasteiger partial charge in [-0.25, -0.2) is 0 Å². The Labute approximate surface area is 187 Å². The first kappa shape index (κ1) is 19.8. The fraction of sp³-hybridized carbons (Fsp3) is 0.240. The van der Waals surface area contributed by atoms with Crippen molar-refractivity contribution in [3.05, 3.63) is 71.5 Å². The molecule has 6 rings (SSSR count). The third-order valence-electron chi connectivity index (χ3n) is 6.45. The van der Waals surface area contributed by atoms with E-state index < -0.39 is 11.7 Å². The molecule has 2 aromatic heterocycles. The van der Waals surface area contributed by atoms with E-state index in [1.54, 1.807) is 12.3 Å².